The second kappa shape index (κ2) is 5.73. The average Bonchev–Trinajstić information content (AvgIpc) is 2.49. The quantitative estimate of drug-likeness (QED) is 0.885. The molecular formula is C9H14BrNOS. The molecule has 0 bridgehead atoms. The van der Waals surface area contributed by atoms with Crippen molar-refractivity contribution in [3.8, 4) is 0 Å². The molecule has 1 rings (SSSR count). The third-order valence-corrected chi connectivity index (χ3v) is 2.93. The van der Waals surface area contributed by atoms with Gasteiger partial charge in [0.1, 0.15) is 5.76 Å². The van der Waals surface area contributed by atoms with E-state index in [1.54, 1.807) is 0 Å². The third kappa shape index (κ3) is 4.20. The van der Waals surface area contributed by atoms with Gasteiger partial charge in [-0.2, -0.15) is 11.8 Å². The fraction of sp³-hybridized carbons (Fsp3) is 0.556. The van der Waals surface area contributed by atoms with Crippen LogP contribution in [0.2, 0.25) is 0 Å². The lowest BCUT2D eigenvalue weighted by atomic mass is 10.3. The minimum absolute atomic E-state index is 0.527. The second-order valence-electron chi connectivity index (χ2n) is 2.94. The average molecular weight is 264 g/mol. The van der Waals surface area contributed by atoms with Crippen molar-refractivity contribution in [2.45, 2.75) is 19.5 Å². The molecule has 0 radical (unpaired) electrons. The van der Waals surface area contributed by atoms with Gasteiger partial charge in [0.15, 0.2) is 4.67 Å². The molecule has 0 spiro atoms. The van der Waals surface area contributed by atoms with Crippen LogP contribution in [0, 0.1) is 0 Å². The van der Waals surface area contributed by atoms with E-state index in [1.165, 1.54) is 0 Å². The molecule has 0 aliphatic rings. The highest BCUT2D eigenvalue weighted by molar-refractivity contribution is 9.10. The number of furan rings is 1. The van der Waals surface area contributed by atoms with Gasteiger partial charge >= 0.3 is 0 Å². The third-order valence-electron chi connectivity index (χ3n) is 1.67. The topological polar surface area (TPSA) is 25.2 Å². The van der Waals surface area contributed by atoms with Gasteiger partial charge in [0.05, 0.1) is 6.54 Å². The fourth-order valence-corrected chi connectivity index (χ4v) is 1.99. The predicted octanol–water partition coefficient (Wildman–Crippen LogP) is 2.88. The van der Waals surface area contributed by atoms with Crippen molar-refractivity contribution in [1.82, 2.24) is 5.32 Å². The summed E-state index contributed by atoms with van der Waals surface area (Å²) in [6.07, 6.45) is 2.11. The maximum atomic E-state index is 5.36. The highest BCUT2D eigenvalue weighted by atomic mass is 79.9. The number of rotatable bonds is 5. The molecular weight excluding hydrogens is 250 g/mol. The number of hydrogen-bond donors (Lipinski definition) is 1. The van der Waals surface area contributed by atoms with Crippen LogP contribution >= 0.6 is 27.7 Å². The summed E-state index contributed by atoms with van der Waals surface area (Å²) in [6, 6.07) is 4.41. The van der Waals surface area contributed by atoms with Crippen molar-refractivity contribution in [3.63, 3.8) is 0 Å². The van der Waals surface area contributed by atoms with Gasteiger partial charge in [-0.1, -0.05) is 0 Å². The second-order valence-corrected chi connectivity index (χ2v) is 4.64. The van der Waals surface area contributed by atoms with Gasteiger partial charge in [0.25, 0.3) is 0 Å². The van der Waals surface area contributed by atoms with Gasteiger partial charge in [-0.25, -0.2) is 0 Å². The maximum absolute atomic E-state index is 5.36. The van der Waals surface area contributed by atoms with Crippen molar-refractivity contribution in [2.75, 3.05) is 12.0 Å². The minimum Gasteiger partial charge on any atom is -0.453 e. The number of halogens is 1. The van der Waals surface area contributed by atoms with Crippen LogP contribution < -0.4 is 5.32 Å². The molecule has 13 heavy (non-hydrogen) atoms. The Morgan fingerprint density at radius 1 is 1.62 bits per heavy atom. The molecule has 1 N–H and O–H groups in total. The van der Waals surface area contributed by atoms with Crippen LogP contribution in [-0.2, 0) is 6.54 Å². The Hall–Kier alpha value is 0.0700. The lowest BCUT2D eigenvalue weighted by molar-refractivity contribution is 0.452. The molecule has 74 valence electrons. The predicted molar refractivity (Wildman–Crippen MR) is 61.1 cm³/mol. The first-order chi connectivity index (χ1) is 6.22. The van der Waals surface area contributed by atoms with Gasteiger partial charge in [0, 0.05) is 11.8 Å². The smallest absolute Gasteiger partial charge is 0.169 e. The zero-order valence-electron chi connectivity index (χ0n) is 7.84. The van der Waals surface area contributed by atoms with E-state index in [2.05, 4.69) is 34.4 Å². The Labute approximate surface area is 91.6 Å². The van der Waals surface area contributed by atoms with Crippen LogP contribution in [0.4, 0.5) is 0 Å². The summed E-state index contributed by atoms with van der Waals surface area (Å²) < 4.78 is 6.15. The summed E-state index contributed by atoms with van der Waals surface area (Å²) >= 11 is 5.12. The molecule has 0 saturated heterocycles. The van der Waals surface area contributed by atoms with Crippen LogP contribution in [0.5, 0.6) is 0 Å². The monoisotopic (exact) mass is 263 g/mol. The van der Waals surface area contributed by atoms with E-state index < -0.39 is 0 Å². The molecule has 0 saturated carbocycles. The first-order valence-electron chi connectivity index (χ1n) is 4.19. The summed E-state index contributed by atoms with van der Waals surface area (Å²) in [6.45, 7) is 2.97. The maximum Gasteiger partial charge on any atom is 0.169 e. The Balaban J connectivity index is 2.26. The van der Waals surface area contributed by atoms with Crippen molar-refractivity contribution in [2.24, 2.45) is 0 Å². The van der Waals surface area contributed by atoms with Crippen LogP contribution in [0.3, 0.4) is 0 Å². The summed E-state index contributed by atoms with van der Waals surface area (Å²) in [7, 11) is 0. The number of thioether (sulfide) groups is 1. The summed E-state index contributed by atoms with van der Waals surface area (Å²) in [5.41, 5.74) is 0. The zero-order chi connectivity index (χ0) is 9.68. The Morgan fingerprint density at radius 3 is 2.92 bits per heavy atom. The zero-order valence-corrected chi connectivity index (χ0v) is 10.2. The van der Waals surface area contributed by atoms with Crippen molar-refractivity contribution in [1.29, 1.82) is 0 Å². The molecule has 2 nitrogen and oxygen atoms in total. The fourth-order valence-electron chi connectivity index (χ4n) is 1.03. The highest BCUT2D eigenvalue weighted by Gasteiger charge is 2.02. The first kappa shape index (κ1) is 11.1. The van der Waals surface area contributed by atoms with Crippen molar-refractivity contribution in [3.05, 3.63) is 22.6 Å². The van der Waals surface area contributed by atoms with Gasteiger partial charge in [0.2, 0.25) is 0 Å². The standard InChI is InChI=1S/C9H14BrNOS/c1-7(6-13-2)11-5-8-3-4-9(10)12-8/h3-4,7,11H,5-6H2,1-2H3. The van der Waals surface area contributed by atoms with E-state index in [-0.39, 0.29) is 0 Å². The molecule has 0 fully saturated rings. The molecule has 1 heterocycles. The molecule has 1 atom stereocenters. The lowest BCUT2D eigenvalue weighted by Crippen LogP contribution is -2.27. The van der Waals surface area contributed by atoms with E-state index >= 15 is 0 Å². The Kier molecular flexibility index (Phi) is 4.91. The largest absolute Gasteiger partial charge is 0.453 e. The summed E-state index contributed by atoms with van der Waals surface area (Å²) in [5, 5.41) is 3.38. The molecule has 1 aromatic rings. The van der Waals surface area contributed by atoms with Gasteiger partial charge in [-0.3, -0.25) is 0 Å². The Bertz CT molecular complexity index is 252. The Morgan fingerprint density at radius 2 is 2.38 bits per heavy atom. The van der Waals surface area contributed by atoms with E-state index in [0.717, 1.165) is 22.7 Å². The number of nitrogens with one attached hydrogen (secondary N) is 1. The molecule has 0 amide bonds. The van der Waals surface area contributed by atoms with Gasteiger partial charge < -0.3 is 9.73 Å². The van der Waals surface area contributed by atoms with Gasteiger partial charge in [-0.05, 0) is 41.2 Å². The highest BCUT2D eigenvalue weighted by Crippen LogP contribution is 2.13. The van der Waals surface area contributed by atoms with E-state index in [1.807, 2.05) is 23.9 Å². The van der Waals surface area contributed by atoms with Crippen LogP contribution in [0.1, 0.15) is 12.7 Å². The van der Waals surface area contributed by atoms with Crippen molar-refractivity contribution >= 4 is 27.7 Å². The van der Waals surface area contributed by atoms with E-state index in [0.29, 0.717) is 6.04 Å². The van der Waals surface area contributed by atoms with Crippen LogP contribution in [-0.4, -0.2) is 18.1 Å². The van der Waals surface area contributed by atoms with E-state index in [4.69, 9.17) is 4.42 Å². The van der Waals surface area contributed by atoms with Crippen molar-refractivity contribution < 1.29 is 4.42 Å². The van der Waals surface area contributed by atoms with E-state index in [9.17, 15) is 0 Å². The first-order valence-corrected chi connectivity index (χ1v) is 6.37. The molecule has 0 aromatic carbocycles. The minimum atomic E-state index is 0.527. The van der Waals surface area contributed by atoms with Gasteiger partial charge in [-0.15, -0.1) is 0 Å². The lowest BCUT2D eigenvalue weighted by Gasteiger charge is -2.10. The molecule has 1 aromatic heterocycles. The summed E-state index contributed by atoms with van der Waals surface area (Å²) in [4.78, 5) is 0. The van der Waals surface area contributed by atoms with Crippen LogP contribution in [0.15, 0.2) is 21.2 Å². The molecule has 0 aliphatic heterocycles. The molecule has 0 aliphatic carbocycles. The molecule has 1 unspecified atom stereocenters. The molecule has 4 heteroatoms. The normalized spacial score (nSPS) is 13.2. The van der Waals surface area contributed by atoms with Crippen LogP contribution in [0.25, 0.3) is 0 Å². The summed E-state index contributed by atoms with van der Waals surface area (Å²) in [5.74, 6) is 2.10. The number of hydrogen-bond acceptors (Lipinski definition) is 3. The SMILES string of the molecule is CSCC(C)NCc1ccc(Br)o1.